The summed E-state index contributed by atoms with van der Waals surface area (Å²) < 4.78 is 5.89. The lowest BCUT2D eigenvalue weighted by atomic mass is 10.1. The number of ether oxygens (including phenoxy) is 1. The van der Waals surface area contributed by atoms with Crippen molar-refractivity contribution in [3.05, 3.63) is 77.3 Å². The highest BCUT2D eigenvalue weighted by Crippen LogP contribution is 2.25. The van der Waals surface area contributed by atoms with E-state index in [4.69, 9.17) is 16.3 Å². The highest BCUT2D eigenvalue weighted by Gasteiger charge is 2.27. The Hall–Kier alpha value is -3.05. The van der Waals surface area contributed by atoms with Crippen molar-refractivity contribution in [2.24, 2.45) is 0 Å². The molecular formula is C25H27ClN2O3. The monoisotopic (exact) mass is 438 g/mol. The van der Waals surface area contributed by atoms with Crippen LogP contribution in [-0.4, -0.2) is 35.9 Å². The van der Waals surface area contributed by atoms with Gasteiger partial charge in [-0.2, -0.15) is 0 Å². The van der Waals surface area contributed by atoms with Crippen molar-refractivity contribution in [2.75, 3.05) is 13.2 Å². The molecule has 0 aliphatic carbocycles. The summed E-state index contributed by atoms with van der Waals surface area (Å²) in [5, 5.41) is 5.38. The van der Waals surface area contributed by atoms with Crippen LogP contribution in [0, 0.1) is 0 Å². The standard InChI is InChI=1S/C25H27ClN2O3/c1-3-15-27-25(30)18(2)28(16-20-10-5-7-13-22(20)26)24(29)17-31-23-14-8-11-19-9-4-6-12-21(19)23/h4-14,18H,3,15-17H2,1-2H3,(H,27,30)/t18-/m0/s1. The van der Waals surface area contributed by atoms with E-state index in [0.29, 0.717) is 17.3 Å². The molecule has 0 fully saturated rings. The second kappa shape index (κ2) is 10.8. The molecule has 3 aromatic carbocycles. The molecule has 0 radical (unpaired) electrons. The summed E-state index contributed by atoms with van der Waals surface area (Å²) in [5.41, 5.74) is 0.776. The molecule has 3 rings (SSSR count). The van der Waals surface area contributed by atoms with E-state index in [2.05, 4.69) is 5.32 Å². The third kappa shape index (κ3) is 5.76. The summed E-state index contributed by atoms with van der Waals surface area (Å²) in [6.07, 6.45) is 0.821. The van der Waals surface area contributed by atoms with E-state index in [-0.39, 0.29) is 25.0 Å². The Morgan fingerprint density at radius 3 is 2.52 bits per heavy atom. The van der Waals surface area contributed by atoms with E-state index in [1.807, 2.05) is 67.6 Å². The Morgan fingerprint density at radius 2 is 1.74 bits per heavy atom. The van der Waals surface area contributed by atoms with Crippen LogP contribution < -0.4 is 10.1 Å². The summed E-state index contributed by atoms with van der Waals surface area (Å²) in [6, 6.07) is 20.2. The largest absolute Gasteiger partial charge is 0.483 e. The fourth-order valence-electron chi connectivity index (χ4n) is 3.33. The van der Waals surface area contributed by atoms with Gasteiger partial charge in [0.2, 0.25) is 5.91 Å². The van der Waals surface area contributed by atoms with Crippen LogP contribution in [0.1, 0.15) is 25.8 Å². The molecule has 6 heteroatoms. The minimum atomic E-state index is -0.661. The van der Waals surface area contributed by atoms with E-state index in [0.717, 1.165) is 22.8 Å². The summed E-state index contributed by atoms with van der Waals surface area (Å²) in [5.74, 6) is 0.145. The van der Waals surface area contributed by atoms with Crippen LogP contribution in [0.2, 0.25) is 5.02 Å². The number of hydrogen-bond acceptors (Lipinski definition) is 3. The third-order valence-electron chi connectivity index (χ3n) is 5.12. The van der Waals surface area contributed by atoms with Gasteiger partial charge in [0.05, 0.1) is 0 Å². The van der Waals surface area contributed by atoms with Crippen LogP contribution in [0.25, 0.3) is 10.8 Å². The molecule has 0 spiro atoms. The van der Waals surface area contributed by atoms with Gasteiger partial charge in [0.25, 0.3) is 5.91 Å². The molecule has 0 saturated carbocycles. The van der Waals surface area contributed by atoms with E-state index in [1.165, 1.54) is 4.90 Å². The molecule has 0 heterocycles. The van der Waals surface area contributed by atoms with Crippen LogP contribution in [0.4, 0.5) is 0 Å². The first-order valence-electron chi connectivity index (χ1n) is 10.4. The smallest absolute Gasteiger partial charge is 0.261 e. The van der Waals surface area contributed by atoms with Crippen LogP contribution in [0.5, 0.6) is 5.75 Å². The number of benzene rings is 3. The molecule has 1 N–H and O–H groups in total. The summed E-state index contributed by atoms with van der Waals surface area (Å²) in [4.78, 5) is 27.3. The van der Waals surface area contributed by atoms with Crippen LogP contribution >= 0.6 is 11.6 Å². The first-order chi connectivity index (χ1) is 15.0. The van der Waals surface area contributed by atoms with Crippen molar-refractivity contribution >= 4 is 34.2 Å². The molecule has 0 unspecified atom stereocenters. The number of carbonyl (C=O) groups excluding carboxylic acids is 2. The highest BCUT2D eigenvalue weighted by molar-refractivity contribution is 6.31. The van der Waals surface area contributed by atoms with Gasteiger partial charge in [-0.25, -0.2) is 0 Å². The molecule has 162 valence electrons. The lowest BCUT2D eigenvalue weighted by Gasteiger charge is -2.29. The van der Waals surface area contributed by atoms with Gasteiger partial charge in [0.15, 0.2) is 6.61 Å². The van der Waals surface area contributed by atoms with Crippen molar-refractivity contribution in [3.8, 4) is 5.75 Å². The molecule has 0 aliphatic heterocycles. The van der Waals surface area contributed by atoms with E-state index in [9.17, 15) is 9.59 Å². The molecule has 3 aromatic rings. The van der Waals surface area contributed by atoms with Gasteiger partial charge in [-0.05, 0) is 36.4 Å². The Balaban J connectivity index is 1.79. The quantitative estimate of drug-likeness (QED) is 0.521. The van der Waals surface area contributed by atoms with E-state index in [1.54, 1.807) is 13.0 Å². The zero-order valence-corrected chi connectivity index (χ0v) is 18.6. The van der Waals surface area contributed by atoms with Gasteiger partial charge >= 0.3 is 0 Å². The zero-order chi connectivity index (χ0) is 22.2. The van der Waals surface area contributed by atoms with Crippen molar-refractivity contribution in [2.45, 2.75) is 32.9 Å². The average molecular weight is 439 g/mol. The fourth-order valence-corrected chi connectivity index (χ4v) is 3.53. The normalized spacial score (nSPS) is 11.7. The topological polar surface area (TPSA) is 58.6 Å². The van der Waals surface area contributed by atoms with Gasteiger partial charge in [0, 0.05) is 23.5 Å². The summed E-state index contributed by atoms with van der Waals surface area (Å²) in [7, 11) is 0. The van der Waals surface area contributed by atoms with Crippen LogP contribution in [-0.2, 0) is 16.1 Å². The maximum absolute atomic E-state index is 13.2. The maximum Gasteiger partial charge on any atom is 0.261 e. The van der Waals surface area contributed by atoms with Crippen LogP contribution in [0.3, 0.4) is 0 Å². The molecular weight excluding hydrogens is 412 g/mol. The fraction of sp³-hybridized carbons (Fsp3) is 0.280. The van der Waals surface area contributed by atoms with Crippen molar-refractivity contribution in [1.82, 2.24) is 10.2 Å². The second-order valence-electron chi connectivity index (χ2n) is 7.35. The van der Waals surface area contributed by atoms with Gasteiger partial charge in [0.1, 0.15) is 11.8 Å². The Labute approximate surface area is 188 Å². The number of amides is 2. The number of fused-ring (bicyclic) bond motifs is 1. The Kier molecular flexibility index (Phi) is 7.90. The number of halogens is 1. The second-order valence-corrected chi connectivity index (χ2v) is 7.75. The van der Waals surface area contributed by atoms with Crippen molar-refractivity contribution in [3.63, 3.8) is 0 Å². The third-order valence-corrected chi connectivity index (χ3v) is 5.48. The first-order valence-corrected chi connectivity index (χ1v) is 10.8. The minimum absolute atomic E-state index is 0.177. The predicted octanol–water partition coefficient (Wildman–Crippen LogP) is 4.82. The number of carbonyl (C=O) groups is 2. The number of rotatable bonds is 9. The lowest BCUT2D eigenvalue weighted by molar-refractivity contribution is -0.142. The Morgan fingerprint density at radius 1 is 1.03 bits per heavy atom. The maximum atomic E-state index is 13.2. The summed E-state index contributed by atoms with van der Waals surface area (Å²) >= 11 is 6.31. The highest BCUT2D eigenvalue weighted by atomic mass is 35.5. The molecule has 2 amide bonds. The molecule has 0 aromatic heterocycles. The van der Waals surface area contributed by atoms with E-state index < -0.39 is 6.04 Å². The predicted molar refractivity (Wildman–Crippen MR) is 124 cm³/mol. The number of nitrogens with zero attached hydrogens (tertiary/aromatic N) is 1. The first kappa shape index (κ1) is 22.6. The van der Waals surface area contributed by atoms with Gasteiger partial charge in [-0.3, -0.25) is 9.59 Å². The SMILES string of the molecule is CCCNC(=O)[C@H](C)N(Cc1ccccc1Cl)C(=O)COc1cccc2ccccc12. The molecule has 5 nitrogen and oxygen atoms in total. The van der Waals surface area contributed by atoms with Gasteiger partial charge in [-0.1, -0.05) is 73.1 Å². The van der Waals surface area contributed by atoms with Crippen molar-refractivity contribution in [1.29, 1.82) is 0 Å². The van der Waals surface area contributed by atoms with Crippen LogP contribution in [0.15, 0.2) is 66.7 Å². The Bertz CT molecular complexity index is 1050. The van der Waals surface area contributed by atoms with Gasteiger partial charge in [-0.15, -0.1) is 0 Å². The summed E-state index contributed by atoms with van der Waals surface area (Å²) in [6.45, 7) is 4.30. The van der Waals surface area contributed by atoms with Crippen molar-refractivity contribution < 1.29 is 14.3 Å². The molecule has 0 bridgehead atoms. The van der Waals surface area contributed by atoms with E-state index >= 15 is 0 Å². The molecule has 0 aliphatic rings. The molecule has 1 atom stereocenters. The number of hydrogen-bond donors (Lipinski definition) is 1. The average Bonchev–Trinajstić information content (AvgIpc) is 2.80. The zero-order valence-electron chi connectivity index (χ0n) is 17.8. The van der Waals surface area contributed by atoms with Gasteiger partial charge < -0.3 is 15.0 Å². The molecule has 0 saturated heterocycles. The number of nitrogens with one attached hydrogen (secondary N) is 1. The minimum Gasteiger partial charge on any atom is -0.483 e. The lowest BCUT2D eigenvalue weighted by Crippen LogP contribution is -2.49. The molecule has 31 heavy (non-hydrogen) atoms.